The summed E-state index contributed by atoms with van der Waals surface area (Å²) in [4.78, 5) is 8.10. The molecule has 0 amide bonds. The Morgan fingerprint density at radius 2 is 1.79 bits per heavy atom. The molecule has 1 heterocycles. The Morgan fingerprint density at radius 3 is 2.50 bits per heavy atom. The number of rotatable bonds is 7. The van der Waals surface area contributed by atoms with Crippen LogP contribution >= 0.6 is 0 Å². The molecule has 0 saturated carbocycles. The van der Waals surface area contributed by atoms with Gasteiger partial charge in [0.25, 0.3) is 0 Å². The molecule has 0 aliphatic carbocycles. The largest absolute Gasteiger partial charge is 0.396 e. The summed E-state index contributed by atoms with van der Waals surface area (Å²) in [6, 6.07) is 1.80. The normalized spacial score (nSPS) is 10.1. The monoisotopic (exact) mass is 195 g/mol. The van der Waals surface area contributed by atoms with E-state index in [2.05, 4.69) is 15.3 Å². The van der Waals surface area contributed by atoms with E-state index in [9.17, 15) is 0 Å². The van der Waals surface area contributed by atoms with Crippen LogP contribution in [0.25, 0.3) is 0 Å². The third kappa shape index (κ3) is 4.77. The average Bonchev–Trinajstić information content (AvgIpc) is 2.25. The number of aliphatic hydroxyl groups is 1. The predicted octanol–water partition coefficient (Wildman–Crippen LogP) is 1.44. The summed E-state index contributed by atoms with van der Waals surface area (Å²) in [5.41, 5.74) is 0. The number of nitrogens with zero attached hydrogens (tertiary/aromatic N) is 2. The van der Waals surface area contributed by atoms with Crippen LogP contribution in [0.1, 0.15) is 25.7 Å². The van der Waals surface area contributed by atoms with Crippen LogP contribution < -0.4 is 5.32 Å². The molecular formula is C10H17N3O. The highest BCUT2D eigenvalue weighted by atomic mass is 16.2. The number of hydrogen-bond acceptors (Lipinski definition) is 4. The molecule has 0 aliphatic rings. The van der Waals surface area contributed by atoms with Crippen molar-refractivity contribution < 1.29 is 5.11 Å². The second-order valence-electron chi connectivity index (χ2n) is 3.14. The van der Waals surface area contributed by atoms with Crippen LogP contribution in [-0.2, 0) is 0 Å². The smallest absolute Gasteiger partial charge is 0.222 e. The number of unbranched alkanes of at least 4 members (excludes halogenated alkanes) is 3. The van der Waals surface area contributed by atoms with Gasteiger partial charge in [0, 0.05) is 25.5 Å². The summed E-state index contributed by atoms with van der Waals surface area (Å²) in [5, 5.41) is 11.7. The van der Waals surface area contributed by atoms with E-state index >= 15 is 0 Å². The Hall–Kier alpha value is -1.16. The van der Waals surface area contributed by atoms with Gasteiger partial charge in [-0.15, -0.1) is 0 Å². The van der Waals surface area contributed by atoms with E-state index in [0.29, 0.717) is 12.6 Å². The summed E-state index contributed by atoms with van der Waals surface area (Å²) in [6.07, 6.45) is 7.68. The van der Waals surface area contributed by atoms with Crippen LogP contribution in [0, 0.1) is 0 Å². The van der Waals surface area contributed by atoms with E-state index in [1.165, 1.54) is 0 Å². The first kappa shape index (κ1) is 10.9. The van der Waals surface area contributed by atoms with Crippen molar-refractivity contribution in [3.63, 3.8) is 0 Å². The molecule has 1 rings (SSSR count). The van der Waals surface area contributed by atoms with Crippen LogP contribution in [0.15, 0.2) is 18.5 Å². The van der Waals surface area contributed by atoms with Gasteiger partial charge in [-0.3, -0.25) is 0 Å². The van der Waals surface area contributed by atoms with Crippen molar-refractivity contribution in [2.45, 2.75) is 25.7 Å². The van der Waals surface area contributed by atoms with Gasteiger partial charge in [-0.2, -0.15) is 0 Å². The fourth-order valence-electron chi connectivity index (χ4n) is 1.18. The Labute approximate surface area is 84.4 Å². The van der Waals surface area contributed by atoms with E-state index < -0.39 is 0 Å². The lowest BCUT2D eigenvalue weighted by molar-refractivity contribution is 0.283. The molecule has 4 nitrogen and oxygen atoms in total. The third-order valence-corrected chi connectivity index (χ3v) is 1.93. The first-order valence-electron chi connectivity index (χ1n) is 5.05. The third-order valence-electron chi connectivity index (χ3n) is 1.93. The number of anilines is 1. The summed E-state index contributed by atoms with van der Waals surface area (Å²) >= 11 is 0. The Bertz CT molecular complexity index is 228. The number of hydrogen-bond donors (Lipinski definition) is 2. The van der Waals surface area contributed by atoms with Crippen LogP contribution in [0.5, 0.6) is 0 Å². The summed E-state index contributed by atoms with van der Waals surface area (Å²) in [5.74, 6) is 0.689. The summed E-state index contributed by atoms with van der Waals surface area (Å²) in [7, 11) is 0. The highest BCUT2D eigenvalue weighted by molar-refractivity contribution is 5.21. The molecule has 0 aliphatic heterocycles. The topological polar surface area (TPSA) is 58.0 Å². The molecule has 14 heavy (non-hydrogen) atoms. The minimum absolute atomic E-state index is 0.301. The Balaban J connectivity index is 1.99. The van der Waals surface area contributed by atoms with Gasteiger partial charge in [-0.05, 0) is 18.9 Å². The molecule has 0 bridgehead atoms. The number of aliphatic hydroxyl groups excluding tert-OH is 1. The van der Waals surface area contributed by atoms with Crippen molar-refractivity contribution in [2.24, 2.45) is 0 Å². The average molecular weight is 195 g/mol. The lowest BCUT2D eigenvalue weighted by Crippen LogP contribution is -2.04. The standard InChI is InChI=1S/C10H17N3O/c14-9-4-2-1-3-6-11-10-12-7-5-8-13-10/h5,7-8,14H,1-4,6,9H2,(H,11,12,13). The predicted molar refractivity (Wildman–Crippen MR) is 56.1 cm³/mol. The molecule has 0 aromatic carbocycles. The van der Waals surface area contributed by atoms with E-state index in [0.717, 1.165) is 32.2 Å². The zero-order chi connectivity index (χ0) is 10.1. The molecule has 0 saturated heterocycles. The molecule has 2 N–H and O–H groups in total. The molecule has 0 radical (unpaired) electrons. The van der Waals surface area contributed by atoms with Crippen molar-refractivity contribution in [1.29, 1.82) is 0 Å². The van der Waals surface area contributed by atoms with Gasteiger partial charge in [0.15, 0.2) is 0 Å². The van der Waals surface area contributed by atoms with Crippen molar-refractivity contribution >= 4 is 5.95 Å². The minimum atomic E-state index is 0.301. The zero-order valence-corrected chi connectivity index (χ0v) is 8.32. The maximum atomic E-state index is 8.57. The minimum Gasteiger partial charge on any atom is -0.396 e. The second-order valence-corrected chi connectivity index (χ2v) is 3.14. The Kier molecular flexibility index (Phi) is 5.66. The molecule has 0 unspecified atom stereocenters. The van der Waals surface area contributed by atoms with Gasteiger partial charge in [-0.1, -0.05) is 12.8 Å². The molecule has 0 fully saturated rings. The van der Waals surface area contributed by atoms with E-state index in [-0.39, 0.29) is 0 Å². The number of nitrogens with one attached hydrogen (secondary N) is 1. The van der Waals surface area contributed by atoms with Gasteiger partial charge in [0.2, 0.25) is 5.95 Å². The van der Waals surface area contributed by atoms with Gasteiger partial charge in [0.1, 0.15) is 0 Å². The van der Waals surface area contributed by atoms with Gasteiger partial charge in [-0.25, -0.2) is 9.97 Å². The second kappa shape index (κ2) is 7.26. The maximum Gasteiger partial charge on any atom is 0.222 e. The van der Waals surface area contributed by atoms with Crippen LogP contribution in [0.3, 0.4) is 0 Å². The van der Waals surface area contributed by atoms with Gasteiger partial charge in [0.05, 0.1) is 0 Å². The molecule has 0 spiro atoms. The first-order valence-corrected chi connectivity index (χ1v) is 5.05. The summed E-state index contributed by atoms with van der Waals surface area (Å²) in [6.45, 7) is 1.20. The van der Waals surface area contributed by atoms with Crippen molar-refractivity contribution in [3.8, 4) is 0 Å². The van der Waals surface area contributed by atoms with Gasteiger partial charge < -0.3 is 10.4 Å². The molecule has 0 atom stereocenters. The lowest BCUT2D eigenvalue weighted by Gasteiger charge is -2.03. The first-order chi connectivity index (χ1) is 6.93. The SMILES string of the molecule is OCCCCCCNc1ncccn1. The molecule has 1 aromatic rings. The highest BCUT2D eigenvalue weighted by Gasteiger charge is 1.92. The van der Waals surface area contributed by atoms with Crippen molar-refractivity contribution in [2.75, 3.05) is 18.5 Å². The van der Waals surface area contributed by atoms with E-state index in [4.69, 9.17) is 5.11 Å². The van der Waals surface area contributed by atoms with Crippen molar-refractivity contribution in [1.82, 2.24) is 9.97 Å². The molecule has 1 aromatic heterocycles. The Morgan fingerprint density at radius 1 is 1.07 bits per heavy atom. The molecule has 4 heteroatoms. The summed E-state index contributed by atoms with van der Waals surface area (Å²) < 4.78 is 0. The van der Waals surface area contributed by atoms with E-state index in [1.807, 2.05) is 0 Å². The lowest BCUT2D eigenvalue weighted by atomic mass is 10.2. The quantitative estimate of drug-likeness (QED) is 0.646. The maximum absolute atomic E-state index is 8.57. The zero-order valence-electron chi connectivity index (χ0n) is 8.32. The fraction of sp³-hybridized carbons (Fsp3) is 0.600. The van der Waals surface area contributed by atoms with E-state index in [1.54, 1.807) is 18.5 Å². The van der Waals surface area contributed by atoms with Gasteiger partial charge >= 0.3 is 0 Å². The number of aromatic nitrogens is 2. The van der Waals surface area contributed by atoms with Crippen molar-refractivity contribution in [3.05, 3.63) is 18.5 Å². The van der Waals surface area contributed by atoms with Crippen LogP contribution in [-0.4, -0.2) is 28.2 Å². The van der Waals surface area contributed by atoms with Crippen LogP contribution in [0.4, 0.5) is 5.95 Å². The molecular weight excluding hydrogens is 178 g/mol. The highest BCUT2D eigenvalue weighted by Crippen LogP contribution is 2.00. The molecule has 78 valence electrons. The fourth-order valence-corrected chi connectivity index (χ4v) is 1.18. The van der Waals surface area contributed by atoms with Crippen LogP contribution in [0.2, 0.25) is 0 Å².